The molecule has 1 aliphatic heterocycles. The number of aliphatic hydroxyl groups excluding tert-OH is 2. The number of carboxylic acid groups (broad SMARTS) is 1. The summed E-state index contributed by atoms with van der Waals surface area (Å²) in [4.78, 5) is 51.3. The zero-order chi connectivity index (χ0) is 60.3. The van der Waals surface area contributed by atoms with Gasteiger partial charge in [0.05, 0.1) is 6.61 Å². The van der Waals surface area contributed by atoms with Crippen LogP contribution in [0.2, 0.25) is 0 Å². The van der Waals surface area contributed by atoms with Gasteiger partial charge in [-0.05, 0) is 122 Å². The maximum absolute atomic E-state index is 13.2. The number of carboxylic acids is 1. The van der Waals surface area contributed by atoms with Crippen LogP contribution in [0.15, 0.2) is 122 Å². The third kappa shape index (κ3) is 47.1. The van der Waals surface area contributed by atoms with E-state index in [4.69, 9.17) is 23.7 Å². The molecular formula is C71H114O12. The van der Waals surface area contributed by atoms with Crippen molar-refractivity contribution in [3.8, 4) is 0 Å². The van der Waals surface area contributed by atoms with Crippen molar-refractivity contribution in [3.05, 3.63) is 122 Å². The number of rotatable bonds is 54. The van der Waals surface area contributed by atoms with E-state index in [1.54, 1.807) is 0 Å². The lowest BCUT2D eigenvalue weighted by Gasteiger charge is -2.40. The van der Waals surface area contributed by atoms with Gasteiger partial charge in [0.1, 0.15) is 18.8 Å². The van der Waals surface area contributed by atoms with E-state index in [1.807, 2.05) is 12.2 Å². The fourth-order valence-electron chi connectivity index (χ4n) is 9.10. The number of aliphatic hydroxyl groups is 2. The molecule has 0 spiro atoms. The van der Waals surface area contributed by atoms with Gasteiger partial charge in [0, 0.05) is 19.3 Å². The Morgan fingerprint density at radius 1 is 0.410 bits per heavy atom. The van der Waals surface area contributed by atoms with E-state index in [0.717, 1.165) is 103 Å². The molecule has 0 aliphatic carbocycles. The molecule has 470 valence electrons. The second kappa shape index (κ2) is 57.5. The molecule has 0 radical (unpaired) electrons. The van der Waals surface area contributed by atoms with Crippen molar-refractivity contribution in [1.82, 2.24) is 0 Å². The van der Waals surface area contributed by atoms with Crippen molar-refractivity contribution in [2.75, 3.05) is 13.2 Å². The third-order valence-corrected chi connectivity index (χ3v) is 14.0. The second-order valence-corrected chi connectivity index (χ2v) is 21.6. The van der Waals surface area contributed by atoms with E-state index in [-0.39, 0.29) is 25.9 Å². The van der Waals surface area contributed by atoms with Crippen molar-refractivity contribution in [1.29, 1.82) is 0 Å². The Kier molecular flexibility index (Phi) is 52.8. The van der Waals surface area contributed by atoms with Gasteiger partial charge in [-0.3, -0.25) is 14.4 Å². The number of aliphatic carboxylic acids is 1. The summed E-state index contributed by atoms with van der Waals surface area (Å²) in [7, 11) is 0. The maximum atomic E-state index is 13.2. The Morgan fingerprint density at radius 3 is 1.20 bits per heavy atom. The summed E-state index contributed by atoms with van der Waals surface area (Å²) in [5.74, 6) is -3.24. The summed E-state index contributed by atoms with van der Waals surface area (Å²) in [6, 6.07) is 0. The first kappa shape index (κ1) is 76.1. The van der Waals surface area contributed by atoms with E-state index in [0.29, 0.717) is 25.7 Å². The molecule has 6 atom stereocenters. The molecule has 12 nitrogen and oxygen atoms in total. The van der Waals surface area contributed by atoms with E-state index in [1.165, 1.54) is 83.5 Å². The van der Waals surface area contributed by atoms with Gasteiger partial charge in [0.2, 0.25) is 0 Å². The SMILES string of the molecule is CC/C=C\C/C=C\C/C=C\C/C=C\C/C=C\CCCC(=O)OC1C(OCC(COC(=O)CCCCCCCCCCC/C=C\CCCCCCCC)OC(=O)CCCCCC/C=C\C/C=C\C/C=C\C/C=C\CC)OC(C(=O)O)C(O)C1O. The Morgan fingerprint density at radius 2 is 0.771 bits per heavy atom. The van der Waals surface area contributed by atoms with Crippen molar-refractivity contribution < 1.29 is 58.2 Å². The lowest BCUT2D eigenvalue weighted by molar-refractivity contribution is -0.301. The van der Waals surface area contributed by atoms with Gasteiger partial charge in [-0.25, -0.2) is 4.79 Å². The van der Waals surface area contributed by atoms with Crippen molar-refractivity contribution >= 4 is 23.9 Å². The fraction of sp³-hybridized carbons (Fsp3) is 0.662. The Labute approximate surface area is 503 Å². The summed E-state index contributed by atoms with van der Waals surface area (Å²) in [6.07, 6.45) is 67.3. The average molecular weight is 1160 g/mol. The molecule has 0 aromatic rings. The summed E-state index contributed by atoms with van der Waals surface area (Å²) >= 11 is 0. The van der Waals surface area contributed by atoms with E-state index < -0.39 is 67.3 Å². The van der Waals surface area contributed by atoms with Crippen molar-refractivity contribution in [3.63, 3.8) is 0 Å². The third-order valence-electron chi connectivity index (χ3n) is 14.0. The van der Waals surface area contributed by atoms with Crippen LogP contribution in [0, 0.1) is 0 Å². The maximum Gasteiger partial charge on any atom is 0.335 e. The first-order valence-corrected chi connectivity index (χ1v) is 32.5. The van der Waals surface area contributed by atoms with Crippen LogP contribution in [0.5, 0.6) is 0 Å². The van der Waals surface area contributed by atoms with Crippen molar-refractivity contribution in [2.24, 2.45) is 0 Å². The molecule has 0 saturated carbocycles. The Hall–Kier alpha value is -4.88. The highest BCUT2D eigenvalue weighted by atomic mass is 16.7. The lowest BCUT2D eigenvalue weighted by Crippen LogP contribution is -2.61. The topological polar surface area (TPSA) is 175 Å². The van der Waals surface area contributed by atoms with E-state index in [2.05, 4.69) is 130 Å². The van der Waals surface area contributed by atoms with Crippen molar-refractivity contribution in [2.45, 2.75) is 289 Å². The van der Waals surface area contributed by atoms with Gasteiger partial charge < -0.3 is 39.0 Å². The highest BCUT2D eigenvalue weighted by Gasteiger charge is 2.50. The molecule has 1 saturated heterocycles. The molecule has 1 rings (SSSR count). The number of hydrogen-bond acceptors (Lipinski definition) is 11. The first-order chi connectivity index (χ1) is 40.6. The van der Waals surface area contributed by atoms with Gasteiger partial charge in [-0.15, -0.1) is 0 Å². The monoisotopic (exact) mass is 1160 g/mol. The number of ether oxygens (including phenoxy) is 5. The minimum atomic E-state index is -1.93. The predicted octanol–water partition coefficient (Wildman–Crippen LogP) is 17.6. The molecule has 3 N–H and O–H groups in total. The van der Waals surface area contributed by atoms with Gasteiger partial charge in [0.25, 0.3) is 0 Å². The van der Waals surface area contributed by atoms with Crippen LogP contribution in [0.25, 0.3) is 0 Å². The van der Waals surface area contributed by atoms with Crippen LogP contribution in [0.1, 0.15) is 252 Å². The van der Waals surface area contributed by atoms with Crippen LogP contribution in [0.4, 0.5) is 0 Å². The molecule has 0 amide bonds. The molecule has 1 heterocycles. The van der Waals surface area contributed by atoms with Gasteiger partial charge in [-0.2, -0.15) is 0 Å². The summed E-state index contributed by atoms with van der Waals surface area (Å²) in [5, 5.41) is 31.6. The fourth-order valence-corrected chi connectivity index (χ4v) is 9.10. The molecule has 0 aromatic heterocycles. The zero-order valence-corrected chi connectivity index (χ0v) is 51.9. The Bertz CT molecular complexity index is 1900. The van der Waals surface area contributed by atoms with Gasteiger partial charge in [-0.1, -0.05) is 232 Å². The number of esters is 3. The van der Waals surface area contributed by atoms with Crippen LogP contribution in [-0.2, 0) is 42.9 Å². The number of allylic oxidation sites excluding steroid dienone is 20. The molecule has 0 bridgehead atoms. The smallest absolute Gasteiger partial charge is 0.335 e. The highest BCUT2D eigenvalue weighted by Crippen LogP contribution is 2.26. The van der Waals surface area contributed by atoms with E-state index in [9.17, 15) is 34.5 Å². The summed E-state index contributed by atoms with van der Waals surface area (Å²) < 4.78 is 28.4. The second-order valence-electron chi connectivity index (χ2n) is 21.6. The van der Waals surface area contributed by atoms with Crippen LogP contribution >= 0.6 is 0 Å². The average Bonchev–Trinajstić information content (AvgIpc) is 3.55. The lowest BCUT2D eigenvalue weighted by atomic mass is 9.98. The first-order valence-electron chi connectivity index (χ1n) is 32.5. The summed E-state index contributed by atoms with van der Waals surface area (Å²) in [6.45, 7) is 5.73. The van der Waals surface area contributed by atoms with Gasteiger partial charge >= 0.3 is 23.9 Å². The quantitative estimate of drug-likeness (QED) is 0.0228. The largest absolute Gasteiger partial charge is 0.479 e. The molecule has 1 fully saturated rings. The number of hydrogen-bond donors (Lipinski definition) is 3. The highest BCUT2D eigenvalue weighted by molar-refractivity contribution is 5.74. The molecule has 0 aromatic carbocycles. The van der Waals surface area contributed by atoms with Crippen LogP contribution in [0.3, 0.4) is 0 Å². The Balaban J connectivity index is 2.71. The number of carbonyl (C=O) groups excluding carboxylic acids is 3. The van der Waals surface area contributed by atoms with Gasteiger partial charge in [0.15, 0.2) is 24.6 Å². The standard InChI is InChI=1S/C71H114O12/c1-4-7-10-13-16-19-22-25-28-31-32-35-36-39-42-45-48-51-54-57-63(72)79-60-62(81-64(73)58-55-52-49-46-43-40-37-33-29-26-23-20-17-14-11-8-5-2)61-80-71-69(67(76)66(75)68(83-71)70(77)78)82-65(74)59-56-53-50-47-44-41-38-34-30-27-24-21-18-15-12-9-6-3/h8-9,11-12,17-18,20-21,25-30,37-38,40-41,47,50,62,66-69,71,75-76H,4-7,10,13-16,19,22-24,31-36,39,42-46,48-49,51-61H2,1-3H3,(H,77,78)/b11-8-,12-9-,20-17-,21-18-,28-25-,29-26-,30-27-,40-37-,41-38-,50-47-. The molecule has 1 aliphatic rings. The zero-order valence-electron chi connectivity index (χ0n) is 51.9. The predicted molar refractivity (Wildman–Crippen MR) is 340 cm³/mol. The molecular weight excluding hydrogens is 1040 g/mol. The minimum Gasteiger partial charge on any atom is -0.479 e. The number of carbonyl (C=O) groups is 4. The minimum absolute atomic E-state index is 0.0268. The normalized spacial score (nSPS) is 18.4. The molecule has 83 heavy (non-hydrogen) atoms. The molecule has 6 unspecified atom stereocenters. The molecule has 12 heteroatoms. The van der Waals surface area contributed by atoms with Crippen LogP contribution in [-0.4, -0.2) is 89.2 Å². The number of unbranched alkanes of at least 4 members (excludes halogenated alkanes) is 20. The van der Waals surface area contributed by atoms with Crippen LogP contribution < -0.4 is 0 Å². The summed E-state index contributed by atoms with van der Waals surface area (Å²) in [5.41, 5.74) is 0. The van der Waals surface area contributed by atoms with E-state index >= 15 is 0 Å².